The molecule has 0 saturated carbocycles. The summed E-state index contributed by atoms with van der Waals surface area (Å²) in [5, 5.41) is 16.8. The summed E-state index contributed by atoms with van der Waals surface area (Å²) in [5.74, 6) is -2.19. The van der Waals surface area contributed by atoms with Crippen LogP contribution in [0.1, 0.15) is 36.4 Å². The lowest BCUT2D eigenvalue weighted by Gasteiger charge is -2.24. The van der Waals surface area contributed by atoms with Crippen molar-refractivity contribution in [2.45, 2.75) is 38.0 Å². The van der Waals surface area contributed by atoms with E-state index in [0.29, 0.717) is 5.56 Å². The zero-order valence-corrected chi connectivity index (χ0v) is 24.2. The van der Waals surface area contributed by atoms with Gasteiger partial charge >= 0.3 is 12.1 Å². The number of aliphatic hydroxyl groups excluding tert-OH is 1. The summed E-state index contributed by atoms with van der Waals surface area (Å²) >= 11 is 0. The molecule has 0 fully saturated rings. The number of amides is 3. The summed E-state index contributed by atoms with van der Waals surface area (Å²) in [5.41, 5.74) is 1.48. The SMILES string of the molecule is C=CC[C@H](CC(=O)NCCOCCO)C(=O)N[C@@H](COC(=O)[C@@H](CC=C)NC(=O)OCc1ccccc1)c1ccccc1. The van der Waals surface area contributed by atoms with Gasteiger partial charge in [-0.15, -0.1) is 13.2 Å². The van der Waals surface area contributed by atoms with Crippen LogP contribution in [0, 0.1) is 5.92 Å². The minimum Gasteiger partial charge on any atom is -0.462 e. The predicted molar refractivity (Wildman–Crippen MR) is 160 cm³/mol. The van der Waals surface area contributed by atoms with Crippen molar-refractivity contribution in [1.82, 2.24) is 16.0 Å². The molecule has 11 heteroatoms. The first-order valence-corrected chi connectivity index (χ1v) is 14.0. The number of nitrogens with one attached hydrogen (secondary N) is 3. The Labute approximate surface area is 252 Å². The summed E-state index contributed by atoms with van der Waals surface area (Å²) in [6, 6.07) is 16.3. The van der Waals surface area contributed by atoms with Gasteiger partial charge in [-0.3, -0.25) is 9.59 Å². The number of aliphatic hydroxyl groups is 1. The van der Waals surface area contributed by atoms with E-state index in [1.165, 1.54) is 6.08 Å². The van der Waals surface area contributed by atoms with Crippen molar-refractivity contribution in [2.75, 3.05) is 33.0 Å². The van der Waals surface area contributed by atoms with Crippen LogP contribution < -0.4 is 16.0 Å². The van der Waals surface area contributed by atoms with Gasteiger partial charge in [-0.2, -0.15) is 0 Å². The third kappa shape index (κ3) is 13.8. The van der Waals surface area contributed by atoms with E-state index in [-0.39, 0.29) is 64.7 Å². The van der Waals surface area contributed by atoms with Gasteiger partial charge in [0.1, 0.15) is 19.3 Å². The maximum atomic E-state index is 13.3. The summed E-state index contributed by atoms with van der Waals surface area (Å²) in [6.45, 7) is 7.68. The van der Waals surface area contributed by atoms with Crippen LogP contribution in [0.4, 0.5) is 4.79 Å². The molecule has 0 radical (unpaired) electrons. The topological polar surface area (TPSA) is 152 Å². The van der Waals surface area contributed by atoms with E-state index < -0.39 is 36.0 Å². The van der Waals surface area contributed by atoms with E-state index >= 15 is 0 Å². The highest BCUT2D eigenvalue weighted by molar-refractivity contribution is 5.86. The molecule has 11 nitrogen and oxygen atoms in total. The van der Waals surface area contributed by atoms with Gasteiger partial charge in [-0.05, 0) is 24.0 Å². The number of carbonyl (C=O) groups is 4. The van der Waals surface area contributed by atoms with Gasteiger partial charge in [0, 0.05) is 13.0 Å². The third-order valence-corrected chi connectivity index (χ3v) is 6.16. The van der Waals surface area contributed by atoms with Gasteiger partial charge in [-0.25, -0.2) is 9.59 Å². The second-order valence-electron chi connectivity index (χ2n) is 9.50. The van der Waals surface area contributed by atoms with Crippen LogP contribution >= 0.6 is 0 Å². The van der Waals surface area contributed by atoms with Gasteiger partial charge in [-0.1, -0.05) is 72.8 Å². The Morgan fingerprint density at radius 2 is 1.53 bits per heavy atom. The monoisotopic (exact) mass is 595 g/mol. The normalized spacial score (nSPS) is 12.6. The first-order valence-electron chi connectivity index (χ1n) is 14.0. The Morgan fingerprint density at radius 3 is 2.19 bits per heavy atom. The molecule has 232 valence electrons. The molecule has 2 aromatic rings. The number of ether oxygens (including phenoxy) is 3. The van der Waals surface area contributed by atoms with E-state index in [0.717, 1.165) is 5.56 Å². The second-order valence-corrected chi connectivity index (χ2v) is 9.50. The third-order valence-electron chi connectivity index (χ3n) is 6.16. The van der Waals surface area contributed by atoms with Gasteiger partial charge in [0.05, 0.1) is 31.8 Å². The highest BCUT2D eigenvalue weighted by Gasteiger charge is 2.27. The van der Waals surface area contributed by atoms with Crippen LogP contribution in [-0.4, -0.2) is 68.0 Å². The summed E-state index contributed by atoms with van der Waals surface area (Å²) in [7, 11) is 0. The Morgan fingerprint density at radius 1 is 0.860 bits per heavy atom. The van der Waals surface area contributed by atoms with Crippen LogP contribution in [0.15, 0.2) is 86.0 Å². The fourth-order valence-electron chi connectivity index (χ4n) is 3.96. The lowest BCUT2D eigenvalue weighted by Crippen LogP contribution is -2.43. The molecule has 2 aromatic carbocycles. The van der Waals surface area contributed by atoms with E-state index in [9.17, 15) is 19.2 Å². The summed E-state index contributed by atoms with van der Waals surface area (Å²) in [4.78, 5) is 51.0. The van der Waals surface area contributed by atoms with Crippen LogP contribution in [0.2, 0.25) is 0 Å². The fourth-order valence-corrected chi connectivity index (χ4v) is 3.96. The van der Waals surface area contributed by atoms with Gasteiger partial charge < -0.3 is 35.3 Å². The lowest BCUT2D eigenvalue weighted by atomic mass is 9.98. The van der Waals surface area contributed by atoms with E-state index in [1.54, 1.807) is 30.3 Å². The maximum Gasteiger partial charge on any atom is 0.408 e. The average molecular weight is 596 g/mol. The minimum absolute atomic E-state index is 0.0338. The number of hydrogen-bond donors (Lipinski definition) is 4. The first-order chi connectivity index (χ1) is 20.9. The summed E-state index contributed by atoms with van der Waals surface area (Å²) in [6.07, 6.45) is 2.51. The molecule has 0 spiro atoms. The molecule has 0 aromatic heterocycles. The van der Waals surface area contributed by atoms with Crippen molar-refractivity contribution >= 4 is 23.9 Å². The number of rotatable bonds is 20. The zero-order valence-electron chi connectivity index (χ0n) is 24.2. The van der Waals surface area contributed by atoms with Crippen LogP contribution in [0.5, 0.6) is 0 Å². The predicted octanol–water partition coefficient (Wildman–Crippen LogP) is 2.97. The van der Waals surface area contributed by atoms with E-state index in [1.807, 2.05) is 36.4 Å². The average Bonchev–Trinajstić information content (AvgIpc) is 3.02. The number of carbonyl (C=O) groups excluding carboxylic acids is 4. The van der Waals surface area contributed by atoms with Crippen LogP contribution in [0.3, 0.4) is 0 Å². The molecule has 0 saturated heterocycles. The molecule has 4 N–H and O–H groups in total. The molecule has 3 amide bonds. The highest BCUT2D eigenvalue weighted by Crippen LogP contribution is 2.17. The first kappa shape index (κ1) is 34.7. The second kappa shape index (κ2) is 20.4. The standard InChI is InChI=1S/C32H41N3O8/c1-3-11-26(21-29(37)33-17-19-41-20-18-36)30(38)34-28(25-15-9-6-10-16-25)23-42-31(39)27(12-4-2)35-32(40)43-22-24-13-7-5-8-14-24/h3-10,13-16,26-28,36H,1-2,11-12,17-23H2,(H,33,37)(H,34,38)(H,35,40)/t26-,27-,28+/m1/s1. The molecular formula is C32H41N3O8. The van der Waals surface area contributed by atoms with Gasteiger partial charge in [0.25, 0.3) is 0 Å². The van der Waals surface area contributed by atoms with E-state index in [4.69, 9.17) is 19.3 Å². The smallest absolute Gasteiger partial charge is 0.408 e. The Hall–Kier alpha value is -4.48. The Balaban J connectivity index is 2.00. The molecule has 0 aliphatic rings. The minimum atomic E-state index is -1.05. The lowest BCUT2D eigenvalue weighted by molar-refractivity contribution is -0.147. The van der Waals surface area contributed by atoms with Crippen molar-refractivity contribution in [2.24, 2.45) is 5.92 Å². The molecule has 43 heavy (non-hydrogen) atoms. The molecule has 3 atom stereocenters. The number of alkyl carbamates (subject to hydrolysis) is 1. The van der Waals surface area contributed by atoms with Crippen LogP contribution in [-0.2, 0) is 35.2 Å². The number of hydrogen-bond acceptors (Lipinski definition) is 8. The van der Waals surface area contributed by atoms with Gasteiger partial charge in [0.15, 0.2) is 0 Å². The number of benzene rings is 2. The molecule has 0 aliphatic heterocycles. The van der Waals surface area contributed by atoms with Crippen LogP contribution in [0.25, 0.3) is 0 Å². The fraction of sp³-hybridized carbons (Fsp3) is 0.375. The molecule has 0 heterocycles. The molecule has 2 rings (SSSR count). The van der Waals surface area contributed by atoms with Crippen molar-refractivity contribution in [3.8, 4) is 0 Å². The van der Waals surface area contributed by atoms with Crippen molar-refractivity contribution in [1.29, 1.82) is 0 Å². The number of esters is 1. The maximum absolute atomic E-state index is 13.3. The van der Waals surface area contributed by atoms with Crippen molar-refractivity contribution < 1.29 is 38.5 Å². The summed E-state index contributed by atoms with van der Waals surface area (Å²) < 4.78 is 15.9. The van der Waals surface area contributed by atoms with Crippen molar-refractivity contribution in [3.05, 3.63) is 97.1 Å². The Kier molecular flexibility index (Phi) is 16.5. The van der Waals surface area contributed by atoms with E-state index in [2.05, 4.69) is 29.1 Å². The molecule has 0 unspecified atom stereocenters. The zero-order chi connectivity index (χ0) is 31.3. The largest absolute Gasteiger partial charge is 0.462 e. The van der Waals surface area contributed by atoms with Crippen molar-refractivity contribution in [3.63, 3.8) is 0 Å². The molecular weight excluding hydrogens is 554 g/mol. The number of allylic oxidation sites excluding steroid dienone is 1. The molecule has 0 aliphatic carbocycles. The molecule has 0 bridgehead atoms. The van der Waals surface area contributed by atoms with Gasteiger partial charge in [0.2, 0.25) is 11.8 Å². The highest BCUT2D eigenvalue weighted by atomic mass is 16.6. The Bertz CT molecular complexity index is 1160. The quantitative estimate of drug-likeness (QED) is 0.104.